The van der Waals surface area contributed by atoms with E-state index in [2.05, 4.69) is 58.8 Å². The molecule has 1 aliphatic carbocycles. The number of nitrogens with one attached hydrogen (secondary N) is 1. The molecule has 1 aliphatic rings. The number of aromatic nitrogens is 1. The fraction of sp³-hybridized carbons (Fsp3) is 0.148. The molecule has 1 N–H and O–H groups in total. The predicted molar refractivity (Wildman–Crippen MR) is 125 cm³/mol. The minimum Gasteiger partial charge on any atom is -0.273 e. The Morgan fingerprint density at radius 1 is 1.00 bits per heavy atom. The highest BCUT2D eigenvalue weighted by atomic mass is 16.2. The van der Waals surface area contributed by atoms with Crippen LogP contribution in [0, 0.1) is 5.92 Å². The maximum absolute atomic E-state index is 12.7. The van der Waals surface area contributed by atoms with Crippen LogP contribution in [-0.4, -0.2) is 17.1 Å². The standard InChI is InChI=1S/C27H23N3O/c1-27(23-12-10-20(11-13-23)19-6-3-2-4-7-19)16-25(27)26(31)30-29-18-22-9-5-8-21-17-28-15-14-24(21)22/h2-15,17-18,25H,16H2,1H3,(H,30,31)/b29-18+. The molecule has 0 aliphatic heterocycles. The molecular weight excluding hydrogens is 382 g/mol. The Hall–Kier alpha value is -3.79. The number of amides is 1. The molecular formula is C27H23N3O. The van der Waals surface area contributed by atoms with Crippen LogP contribution in [0.15, 0.2) is 96.4 Å². The van der Waals surface area contributed by atoms with Crippen molar-refractivity contribution >= 4 is 22.9 Å². The van der Waals surface area contributed by atoms with Gasteiger partial charge in [0.2, 0.25) is 5.91 Å². The van der Waals surface area contributed by atoms with Gasteiger partial charge in [-0.25, -0.2) is 5.43 Å². The van der Waals surface area contributed by atoms with Crippen molar-refractivity contribution in [2.45, 2.75) is 18.8 Å². The highest BCUT2D eigenvalue weighted by Crippen LogP contribution is 2.54. The highest BCUT2D eigenvalue weighted by molar-refractivity contribution is 5.99. The quantitative estimate of drug-likeness (QED) is 0.360. The molecule has 31 heavy (non-hydrogen) atoms. The SMILES string of the molecule is CC1(c2ccc(-c3ccccc3)cc2)CC1C(=O)N/N=C/c1cccc2cnccc12. The summed E-state index contributed by atoms with van der Waals surface area (Å²) in [4.78, 5) is 16.8. The molecule has 0 saturated heterocycles. The molecule has 3 aromatic carbocycles. The van der Waals surface area contributed by atoms with Crippen LogP contribution in [0.5, 0.6) is 0 Å². The summed E-state index contributed by atoms with van der Waals surface area (Å²) in [5, 5.41) is 6.33. The van der Waals surface area contributed by atoms with Crippen LogP contribution >= 0.6 is 0 Å². The van der Waals surface area contributed by atoms with Crippen molar-refractivity contribution in [3.05, 3.63) is 102 Å². The average molecular weight is 406 g/mol. The lowest BCUT2D eigenvalue weighted by Gasteiger charge is -2.12. The largest absolute Gasteiger partial charge is 0.273 e. The molecule has 0 bridgehead atoms. The average Bonchev–Trinajstić information content (AvgIpc) is 3.53. The minimum absolute atomic E-state index is 0.0345. The van der Waals surface area contributed by atoms with Crippen molar-refractivity contribution in [2.75, 3.05) is 0 Å². The third kappa shape index (κ3) is 3.73. The molecule has 4 aromatic rings. The maximum Gasteiger partial charge on any atom is 0.244 e. The first-order valence-electron chi connectivity index (χ1n) is 10.5. The van der Waals surface area contributed by atoms with Crippen LogP contribution in [0.3, 0.4) is 0 Å². The predicted octanol–water partition coefficient (Wildman–Crippen LogP) is 5.33. The van der Waals surface area contributed by atoms with Gasteiger partial charge in [-0.05, 0) is 34.6 Å². The molecule has 1 heterocycles. The van der Waals surface area contributed by atoms with E-state index in [9.17, 15) is 4.79 Å². The van der Waals surface area contributed by atoms with Crippen LogP contribution in [-0.2, 0) is 10.2 Å². The summed E-state index contributed by atoms with van der Waals surface area (Å²) in [7, 11) is 0. The Morgan fingerprint density at radius 2 is 1.77 bits per heavy atom. The van der Waals surface area contributed by atoms with E-state index < -0.39 is 0 Å². The first-order valence-corrected chi connectivity index (χ1v) is 10.5. The summed E-state index contributed by atoms with van der Waals surface area (Å²) in [6, 6.07) is 26.8. The third-order valence-corrected chi connectivity index (χ3v) is 6.30. The Balaban J connectivity index is 1.26. The van der Waals surface area contributed by atoms with Crippen molar-refractivity contribution in [2.24, 2.45) is 11.0 Å². The lowest BCUT2D eigenvalue weighted by atomic mass is 9.93. The molecule has 5 rings (SSSR count). The molecule has 0 spiro atoms. The summed E-state index contributed by atoms with van der Waals surface area (Å²) < 4.78 is 0. The summed E-state index contributed by atoms with van der Waals surface area (Å²) in [5.74, 6) is -0.100. The van der Waals surface area contributed by atoms with Gasteiger partial charge in [0.05, 0.1) is 12.1 Å². The second kappa shape index (κ2) is 7.80. The smallest absolute Gasteiger partial charge is 0.244 e. The maximum atomic E-state index is 12.7. The second-order valence-corrected chi connectivity index (χ2v) is 8.30. The van der Waals surface area contributed by atoms with Crippen molar-refractivity contribution in [1.82, 2.24) is 10.4 Å². The fourth-order valence-electron chi connectivity index (χ4n) is 4.24. The number of carbonyl (C=O) groups is 1. The van der Waals surface area contributed by atoms with Gasteiger partial charge in [0, 0.05) is 28.8 Å². The van der Waals surface area contributed by atoms with Crippen LogP contribution in [0.25, 0.3) is 21.9 Å². The first-order chi connectivity index (χ1) is 15.1. The number of hydrogen-bond acceptors (Lipinski definition) is 3. The number of benzene rings is 3. The second-order valence-electron chi connectivity index (χ2n) is 8.30. The first kappa shape index (κ1) is 19.2. The van der Waals surface area contributed by atoms with Gasteiger partial charge in [-0.15, -0.1) is 0 Å². The van der Waals surface area contributed by atoms with Crippen molar-refractivity contribution in [1.29, 1.82) is 0 Å². The van der Waals surface area contributed by atoms with Gasteiger partial charge in [-0.1, -0.05) is 79.7 Å². The van der Waals surface area contributed by atoms with E-state index in [1.54, 1.807) is 12.4 Å². The minimum atomic E-state index is -0.139. The van der Waals surface area contributed by atoms with E-state index >= 15 is 0 Å². The molecule has 4 heteroatoms. The van der Waals surface area contributed by atoms with E-state index in [4.69, 9.17) is 0 Å². The molecule has 4 nitrogen and oxygen atoms in total. The molecule has 1 saturated carbocycles. The Bertz CT molecular complexity index is 1260. The van der Waals surface area contributed by atoms with E-state index in [1.807, 2.05) is 48.7 Å². The zero-order chi connectivity index (χ0) is 21.3. The van der Waals surface area contributed by atoms with Crippen LogP contribution in [0.2, 0.25) is 0 Å². The van der Waals surface area contributed by atoms with E-state index in [-0.39, 0.29) is 17.2 Å². The summed E-state index contributed by atoms with van der Waals surface area (Å²) >= 11 is 0. The number of carbonyl (C=O) groups excluding carboxylic acids is 1. The van der Waals surface area contributed by atoms with Gasteiger partial charge >= 0.3 is 0 Å². The molecule has 152 valence electrons. The molecule has 2 atom stereocenters. The summed E-state index contributed by atoms with van der Waals surface area (Å²) in [5.41, 5.74) is 7.12. The van der Waals surface area contributed by atoms with E-state index in [0.29, 0.717) is 0 Å². The van der Waals surface area contributed by atoms with Gasteiger partial charge in [-0.3, -0.25) is 9.78 Å². The van der Waals surface area contributed by atoms with Gasteiger partial charge < -0.3 is 0 Å². The summed E-state index contributed by atoms with van der Waals surface area (Å²) in [6.07, 6.45) is 6.12. The zero-order valence-electron chi connectivity index (χ0n) is 17.3. The topological polar surface area (TPSA) is 54.4 Å². The molecule has 1 amide bonds. The zero-order valence-corrected chi connectivity index (χ0v) is 17.3. The van der Waals surface area contributed by atoms with Crippen LogP contribution < -0.4 is 5.43 Å². The normalized spacial score (nSPS) is 20.1. The number of hydrazone groups is 1. The highest BCUT2D eigenvalue weighted by Gasteiger charge is 2.55. The van der Waals surface area contributed by atoms with Crippen LogP contribution in [0.4, 0.5) is 0 Å². The molecule has 0 radical (unpaired) electrons. The number of fused-ring (bicyclic) bond motifs is 1. The van der Waals surface area contributed by atoms with Gasteiger partial charge in [-0.2, -0.15) is 5.10 Å². The van der Waals surface area contributed by atoms with E-state index in [0.717, 1.165) is 22.8 Å². The fourth-order valence-corrected chi connectivity index (χ4v) is 4.24. The third-order valence-electron chi connectivity index (χ3n) is 6.30. The monoisotopic (exact) mass is 405 g/mol. The number of rotatable bonds is 5. The van der Waals surface area contributed by atoms with Crippen molar-refractivity contribution in [3.63, 3.8) is 0 Å². The van der Waals surface area contributed by atoms with Gasteiger partial charge in [0.15, 0.2) is 0 Å². The van der Waals surface area contributed by atoms with Gasteiger partial charge in [0.25, 0.3) is 0 Å². The number of nitrogens with zero attached hydrogens (tertiary/aromatic N) is 2. The molecule has 1 aromatic heterocycles. The van der Waals surface area contributed by atoms with Crippen molar-refractivity contribution < 1.29 is 4.79 Å². The van der Waals surface area contributed by atoms with Gasteiger partial charge in [0.1, 0.15) is 0 Å². The summed E-state index contributed by atoms with van der Waals surface area (Å²) in [6.45, 7) is 2.15. The number of hydrogen-bond donors (Lipinski definition) is 1. The number of pyridine rings is 1. The Morgan fingerprint density at radius 3 is 2.58 bits per heavy atom. The lowest BCUT2D eigenvalue weighted by molar-refractivity contribution is -0.122. The molecule has 1 fully saturated rings. The van der Waals surface area contributed by atoms with E-state index in [1.165, 1.54) is 16.7 Å². The van der Waals surface area contributed by atoms with Crippen molar-refractivity contribution in [3.8, 4) is 11.1 Å². The molecule has 2 unspecified atom stereocenters. The Labute approximate surface area is 181 Å². The Kier molecular flexibility index (Phi) is 4.83. The lowest BCUT2D eigenvalue weighted by Crippen LogP contribution is -2.23. The van der Waals surface area contributed by atoms with Crippen LogP contribution in [0.1, 0.15) is 24.5 Å².